The molecule has 1 rings (SSSR count). The van der Waals surface area contributed by atoms with Crippen molar-refractivity contribution >= 4 is 5.91 Å². The van der Waals surface area contributed by atoms with E-state index in [1.807, 2.05) is 6.92 Å². The number of amides is 1. The van der Waals surface area contributed by atoms with E-state index in [9.17, 15) is 9.90 Å². The molecule has 0 aliphatic heterocycles. The van der Waals surface area contributed by atoms with E-state index in [1.54, 1.807) is 18.2 Å². The smallest absolute Gasteiger partial charge is 0.255 e. The highest BCUT2D eigenvalue weighted by molar-refractivity contribution is 5.96. The summed E-state index contributed by atoms with van der Waals surface area (Å²) in [5.41, 5.74) is 0.318. The van der Waals surface area contributed by atoms with Crippen molar-refractivity contribution in [3.05, 3.63) is 29.8 Å². The third kappa shape index (κ3) is 2.99. The van der Waals surface area contributed by atoms with Gasteiger partial charge in [-0.2, -0.15) is 0 Å². The predicted molar refractivity (Wildman–Crippen MR) is 64.5 cm³/mol. The molecule has 1 amide bonds. The molecule has 2 N–H and O–H groups in total. The first-order valence-electron chi connectivity index (χ1n) is 5.41. The van der Waals surface area contributed by atoms with Gasteiger partial charge in [0.1, 0.15) is 5.75 Å². The third-order valence-corrected chi connectivity index (χ3v) is 2.80. The third-order valence-electron chi connectivity index (χ3n) is 2.80. The highest BCUT2D eigenvalue weighted by Crippen LogP contribution is 2.20. The number of phenols is 1. The summed E-state index contributed by atoms with van der Waals surface area (Å²) < 4.78 is 0. The molecule has 0 aromatic heterocycles. The fraction of sp³-hybridized carbons (Fsp3) is 0.462. The zero-order valence-corrected chi connectivity index (χ0v) is 10.2. The zero-order valence-electron chi connectivity index (χ0n) is 10.2. The van der Waals surface area contributed by atoms with E-state index in [2.05, 4.69) is 26.1 Å². The molecule has 0 heterocycles. The summed E-state index contributed by atoms with van der Waals surface area (Å²) in [6, 6.07) is 6.59. The first-order chi connectivity index (χ1) is 7.32. The summed E-state index contributed by atoms with van der Waals surface area (Å²) in [6.45, 7) is 8.13. The van der Waals surface area contributed by atoms with Crippen LogP contribution in [0.4, 0.5) is 0 Å². The van der Waals surface area contributed by atoms with Crippen LogP contribution in [0.1, 0.15) is 38.1 Å². The number of para-hydroxylation sites is 1. The van der Waals surface area contributed by atoms with Crippen molar-refractivity contribution < 1.29 is 9.90 Å². The average Bonchev–Trinajstić information content (AvgIpc) is 2.16. The van der Waals surface area contributed by atoms with Crippen molar-refractivity contribution in [2.24, 2.45) is 5.41 Å². The number of aromatic hydroxyl groups is 1. The van der Waals surface area contributed by atoms with E-state index in [4.69, 9.17) is 0 Å². The standard InChI is InChI=1S/C13H19NO2/c1-9(13(2,3)4)14-12(16)10-7-5-6-8-11(10)15/h5-9,15H,1-4H3,(H,14,16)/t9-/m1/s1. The molecule has 0 fully saturated rings. The summed E-state index contributed by atoms with van der Waals surface area (Å²) >= 11 is 0. The first-order valence-corrected chi connectivity index (χ1v) is 5.41. The first kappa shape index (κ1) is 12.6. The zero-order chi connectivity index (χ0) is 12.3. The molecule has 0 spiro atoms. The van der Waals surface area contributed by atoms with E-state index < -0.39 is 0 Å². The molecule has 0 saturated carbocycles. The van der Waals surface area contributed by atoms with Crippen LogP contribution in [0.15, 0.2) is 24.3 Å². The molecule has 0 radical (unpaired) electrons. The number of hydrogen-bond donors (Lipinski definition) is 2. The summed E-state index contributed by atoms with van der Waals surface area (Å²) in [4.78, 5) is 11.9. The number of rotatable bonds is 2. The van der Waals surface area contributed by atoms with Gasteiger partial charge in [-0.15, -0.1) is 0 Å². The van der Waals surface area contributed by atoms with Gasteiger partial charge in [-0.3, -0.25) is 4.79 Å². The van der Waals surface area contributed by atoms with Gasteiger partial charge < -0.3 is 10.4 Å². The molecule has 3 heteroatoms. The Balaban J connectivity index is 2.78. The second-order valence-electron chi connectivity index (χ2n) is 5.08. The molecule has 0 saturated heterocycles. The molecular weight excluding hydrogens is 202 g/mol. The second kappa shape index (κ2) is 4.56. The Morgan fingerprint density at radius 2 is 1.88 bits per heavy atom. The molecule has 1 atom stereocenters. The van der Waals surface area contributed by atoms with Crippen molar-refractivity contribution in [2.45, 2.75) is 33.7 Å². The van der Waals surface area contributed by atoms with Crippen molar-refractivity contribution in [2.75, 3.05) is 0 Å². The monoisotopic (exact) mass is 221 g/mol. The van der Waals surface area contributed by atoms with Crippen LogP contribution < -0.4 is 5.32 Å². The largest absolute Gasteiger partial charge is 0.507 e. The van der Waals surface area contributed by atoms with Crippen molar-refractivity contribution in [3.63, 3.8) is 0 Å². The van der Waals surface area contributed by atoms with Crippen LogP contribution in [-0.4, -0.2) is 17.1 Å². The minimum atomic E-state index is -0.236. The molecule has 0 bridgehead atoms. The van der Waals surface area contributed by atoms with Crippen LogP contribution in [0.2, 0.25) is 0 Å². The van der Waals surface area contributed by atoms with Crippen molar-refractivity contribution in [1.82, 2.24) is 5.32 Å². The fourth-order valence-electron chi connectivity index (χ4n) is 1.16. The molecule has 0 aliphatic rings. The SMILES string of the molecule is C[C@@H](NC(=O)c1ccccc1O)C(C)(C)C. The summed E-state index contributed by atoms with van der Waals surface area (Å²) in [6.07, 6.45) is 0. The van der Waals surface area contributed by atoms with Crippen LogP contribution in [0, 0.1) is 5.41 Å². The number of carbonyl (C=O) groups excluding carboxylic acids is 1. The van der Waals surface area contributed by atoms with Crippen molar-refractivity contribution in [1.29, 1.82) is 0 Å². The maximum atomic E-state index is 11.9. The van der Waals surface area contributed by atoms with E-state index in [1.165, 1.54) is 6.07 Å². The lowest BCUT2D eigenvalue weighted by Crippen LogP contribution is -2.41. The molecular formula is C13H19NO2. The van der Waals surface area contributed by atoms with Gasteiger partial charge in [-0.1, -0.05) is 32.9 Å². The maximum absolute atomic E-state index is 11.9. The minimum absolute atomic E-state index is 0.0000589. The second-order valence-corrected chi connectivity index (χ2v) is 5.08. The van der Waals surface area contributed by atoms with Gasteiger partial charge in [-0.25, -0.2) is 0 Å². The fourth-order valence-corrected chi connectivity index (χ4v) is 1.16. The average molecular weight is 221 g/mol. The summed E-state index contributed by atoms with van der Waals surface area (Å²) in [5, 5.41) is 12.4. The van der Waals surface area contributed by atoms with E-state index >= 15 is 0 Å². The summed E-state index contributed by atoms with van der Waals surface area (Å²) in [7, 11) is 0. The van der Waals surface area contributed by atoms with Gasteiger partial charge >= 0.3 is 0 Å². The van der Waals surface area contributed by atoms with E-state index in [0.717, 1.165) is 0 Å². The highest BCUT2D eigenvalue weighted by atomic mass is 16.3. The number of carbonyl (C=O) groups is 1. The van der Waals surface area contributed by atoms with Gasteiger partial charge in [0.15, 0.2) is 0 Å². The normalized spacial score (nSPS) is 13.2. The predicted octanol–water partition coefficient (Wildman–Crippen LogP) is 2.56. The molecule has 1 aromatic rings. The minimum Gasteiger partial charge on any atom is -0.507 e. The Bertz CT molecular complexity index is 380. The molecule has 3 nitrogen and oxygen atoms in total. The van der Waals surface area contributed by atoms with Crippen LogP contribution in [-0.2, 0) is 0 Å². The lowest BCUT2D eigenvalue weighted by atomic mass is 9.88. The van der Waals surface area contributed by atoms with E-state index in [-0.39, 0.29) is 23.1 Å². The van der Waals surface area contributed by atoms with Gasteiger partial charge in [0.2, 0.25) is 0 Å². The van der Waals surface area contributed by atoms with Crippen LogP contribution >= 0.6 is 0 Å². The van der Waals surface area contributed by atoms with Gasteiger partial charge in [0.05, 0.1) is 5.56 Å². The van der Waals surface area contributed by atoms with Crippen molar-refractivity contribution in [3.8, 4) is 5.75 Å². The Labute approximate surface area is 96.5 Å². The van der Waals surface area contributed by atoms with Gasteiger partial charge in [0.25, 0.3) is 5.91 Å². The van der Waals surface area contributed by atoms with Gasteiger partial charge in [-0.05, 0) is 24.5 Å². The molecule has 0 unspecified atom stereocenters. The summed E-state index contributed by atoms with van der Waals surface area (Å²) in [5.74, 6) is -0.221. The molecule has 16 heavy (non-hydrogen) atoms. The molecule has 0 aliphatic carbocycles. The topological polar surface area (TPSA) is 49.3 Å². The van der Waals surface area contributed by atoms with Crippen LogP contribution in [0.25, 0.3) is 0 Å². The maximum Gasteiger partial charge on any atom is 0.255 e. The lowest BCUT2D eigenvalue weighted by Gasteiger charge is -2.28. The number of nitrogens with one attached hydrogen (secondary N) is 1. The van der Waals surface area contributed by atoms with Gasteiger partial charge in [0, 0.05) is 6.04 Å². The van der Waals surface area contributed by atoms with E-state index in [0.29, 0.717) is 5.56 Å². The molecule has 1 aromatic carbocycles. The van der Waals surface area contributed by atoms with Crippen LogP contribution in [0.5, 0.6) is 5.75 Å². The quantitative estimate of drug-likeness (QED) is 0.806. The van der Waals surface area contributed by atoms with Crippen LogP contribution in [0.3, 0.4) is 0 Å². The number of benzene rings is 1. The lowest BCUT2D eigenvalue weighted by molar-refractivity contribution is 0.0907. The molecule has 88 valence electrons. The number of hydrogen-bond acceptors (Lipinski definition) is 2. The Kier molecular flexibility index (Phi) is 3.58. The Morgan fingerprint density at radius 3 is 2.38 bits per heavy atom. The number of phenolic OH excluding ortho intramolecular Hbond substituents is 1. The Morgan fingerprint density at radius 1 is 1.31 bits per heavy atom. The Hall–Kier alpha value is -1.51. The highest BCUT2D eigenvalue weighted by Gasteiger charge is 2.22.